The number of rotatable bonds is 8. The molecule has 0 radical (unpaired) electrons. The number of halogens is 1. The summed E-state index contributed by atoms with van der Waals surface area (Å²) in [4.78, 5) is 9.34. The third-order valence-electron chi connectivity index (χ3n) is 5.52. The molecule has 1 aliphatic heterocycles. The number of nitrogens with zero attached hydrogens (tertiary/aromatic N) is 3. The lowest BCUT2D eigenvalue weighted by molar-refractivity contribution is 0.216. The molecule has 1 atom stereocenters. The molecule has 2 N–H and O–H groups in total. The maximum Gasteiger partial charge on any atom is 0.191 e. The van der Waals surface area contributed by atoms with Gasteiger partial charge in [0.25, 0.3) is 0 Å². The average molecular weight is 487 g/mol. The van der Waals surface area contributed by atoms with Crippen LogP contribution in [0.1, 0.15) is 38.3 Å². The van der Waals surface area contributed by atoms with Gasteiger partial charge in [-0.2, -0.15) is 0 Å². The van der Waals surface area contributed by atoms with Gasteiger partial charge in [-0.25, -0.2) is 0 Å². The number of guanidine groups is 1. The van der Waals surface area contributed by atoms with Gasteiger partial charge in [0.2, 0.25) is 0 Å². The van der Waals surface area contributed by atoms with Crippen LogP contribution in [0.3, 0.4) is 0 Å². The zero-order valence-electron chi connectivity index (χ0n) is 17.4. The van der Waals surface area contributed by atoms with E-state index in [9.17, 15) is 0 Å². The molecule has 1 aromatic carbocycles. The van der Waals surface area contributed by atoms with Crippen molar-refractivity contribution in [2.45, 2.75) is 32.7 Å². The van der Waals surface area contributed by atoms with E-state index in [4.69, 9.17) is 0 Å². The maximum absolute atomic E-state index is 4.43. The second-order valence-electron chi connectivity index (χ2n) is 7.23. The SMILES string of the molecule is CCN(CC)C(CNC(=NC)NCC1CCN(C)CC1)c1ccccc1.I. The fraction of sp³-hybridized carbons (Fsp3) is 0.667. The van der Waals surface area contributed by atoms with Crippen LogP contribution < -0.4 is 10.6 Å². The van der Waals surface area contributed by atoms with Crippen LogP contribution in [0.5, 0.6) is 0 Å². The zero-order chi connectivity index (χ0) is 18.8. The molecule has 1 unspecified atom stereocenters. The largest absolute Gasteiger partial charge is 0.356 e. The Morgan fingerprint density at radius 3 is 2.33 bits per heavy atom. The van der Waals surface area contributed by atoms with Crippen LogP contribution in [0.25, 0.3) is 0 Å². The van der Waals surface area contributed by atoms with E-state index < -0.39 is 0 Å². The van der Waals surface area contributed by atoms with Crippen molar-refractivity contribution in [2.75, 3.05) is 53.4 Å². The smallest absolute Gasteiger partial charge is 0.191 e. The molecule has 0 amide bonds. The van der Waals surface area contributed by atoms with Crippen LogP contribution in [-0.2, 0) is 0 Å². The van der Waals surface area contributed by atoms with Crippen molar-refractivity contribution in [1.29, 1.82) is 0 Å². The molecular weight excluding hydrogens is 449 g/mol. The van der Waals surface area contributed by atoms with Crippen molar-refractivity contribution < 1.29 is 0 Å². The van der Waals surface area contributed by atoms with Crippen molar-refractivity contribution in [3.8, 4) is 0 Å². The monoisotopic (exact) mass is 487 g/mol. The lowest BCUT2D eigenvalue weighted by Crippen LogP contribution is -2.45. The Kier molecular flexibility index (Phi) is 11.9. The molecule has 0 aromatic heterocycles. The highest BCUT2D eigenvalue weighted by Gasteiger charge is 2.19. The van der Waals surface area contributed by atoms with Crippen LogP contribution in [0, 0.1) is 5.92 Å². The molecular formula is C21H38IN5. The Bertz CT molecular complexity index is 525. The number of hydrogen-bond donors (Lipinski definition) is 2. The maximum atomic E-state index is 4.43. The second kappa shape index (κ2) is 13.3. The Balaban J connectivity index is 0.00000364. The van der Waals surface area contributed by atoms with E-state index in [0.29, 0.717) is 6.04 Å². The van der Waals surface area contributed by atoms with Crippen LogP contribution in [0.2, 0.25) is 0 Å². The highest BCUT2D eigenvalue weighted by molar-refractivity contribution is 14.0. The average Bonchev–Trinajstić information content (AvgIpc) is 2.69. The van der Waals surface area contributed by atoms with Gasteiger partial charge in [-0.05, 0) is 57.5 Å². The van der Waals surface area contributed by atoms with Gasteiger partial charge in [0.05, 0.1) is 6.04 Å². The molecule has 1 saturated heterocycles. The summed E-state index contributed by atoms with van der Waals surface area (Å²) in [5.41, 5.74) is 1.36. The predicted molar refractivity (Wildman–Crippen MR) is 127 cm³/mol. The minimum Gasteiger partial charge on any atom is -0.356 e. The van der Waals surface area contributed by atoms with Crippen molar-refractivity contribution in [2.24, 2.45) is 10.9 Å². The number of nitrogens with one attached hydrogen (secondary N) is 2. The summed E-state index contributed by atoms with van der Waals surface area (Å²) in [6.07, 6.45) is 2.54. The third-order valence-corrected chi connectivity index (χ3v) is 5.52. The normalized spacial score (nSPS) is 17.4. The Labute approximate surface area is 183 Å². The summed E-state index contributed by atoms with van der Waals surface area (Å²) in [7, 11) is 4.07. The molecule has 154 valence electrons. The third kappa shape index (κ3) is 7.95. The van der Waals surface area contributed by atoms with E-state index in [1.165, 1.54) is 31.5 Å². The fourth-order valence-corrected chi connectivity index (χ4v) is 3.72. The van der Waals surface area contributed by atoms with Gasteiger partial charge in [-0.15, -0.1) is 24.0 Å². The number of piperidine rings is 1. The van der Waals surface area contributed by atoms with Crippen molar-refractivity contribution in [1.82, 2.24) is 20.4 Å². The minimum atomic E-state index is 0. The first-order chi connectivity index (χ1) is 12.7. The van der Waals surface area contributed by atoms with E-state index >= 15 is 0 Å². The highest BCUT2D eigenvalue weighted by Crippen LogP contribution is 2.19. The lowest BCUT2D eigenvalue weighted by Gasteiger charge is -2.31. The summed E-state index contributed by atoms with van der Waals surface area (Å²) in [5, 5.41) is 7.09. The molecule has 0 saturated carbocycles. The topological polar surface area (TPSA) is 42.9 Å². The molecule has 1 aromatic rings. The number of benzene rings is 1. The second-order valence-corrected chi connectivity index (χ2v) is 7.23. The van der Waals surface area contributed by atoms with Gasteiger partial charge in [0.1, 0.15) is 0 Å². The van der Waals surface area contributed by atoms with E-state index in [-0.39, 0.29) is 24.0 Å². The van der Waals surface area contributed by atoms with E-state index in [0.717, 1.165) is 38.1 Å². The quantitative estimate of drug-likeness (QED) is 0.336. The van der Waals surface area contributed by atoms with E-state index in [1.807, 2.05) is 7.05 Å². The molecule has 1 fully saturated rings. The molecule has 0 bridgehead atoms. The molecule has 0 spiro atoms. The van der Waals surface area contributed by atoms with Crippen LogP contribution in [0.15, 0.2) is 35.3 Å². The van der Waals surface area contributed by atoms with Crippen molar-refractivity contribution >= 4 is 29.9 Å². The molecule has 5 nitrogen and oxygen atoms in total. The number of likely N-dealkylation sites (N-methyl/N-ethyl adjacent to an activating group) is 1. The first-order valence-corrected chi connectivity index (χ1v) is 10.1. The number of aliphatic imine (C=N–C) groups is 1. The summed E-state index contributed by atoms with van der Waals surface area (Å²) >= 11 is 0. The first-order valence-electron chi connectivity index (χ1n) is 10.1. The summed E-state index contributed by atoms with van der Waals surface area (Å²) < 4.78 is 0. The fourth-order valence-electron chi connectivity index (χ4n) is 3.72. The van der Waals surface area contributed by atoms with Crippen LogP contribution in [0.4, 0.5) is 0 Å². The Morgan fingerprint density at radius 1 is 1.15 bits per heavy atom. The van der Waals surface area contributed by atoms with Gasteiger partial charge in [-0.3, -0.25) is 9.89 Å². The van der Waals surface area contributed by atoms with Crippen LogP contribution >= 0.6 is 24.0 Å². The van der Waals surface area contributed by atoms with Gasteiger partial charge < -0.3 is 15.5 Å². The lowest BCUT2D eigenvalue weighted by atomic mass is 9.97. The van der Waals surface area contributed by atoms with Gasteiger partial charge >= 0.3 is 0 Å². The summed E-state index contributed by atoms with van der Waals surface area (Å²) in [6, 6.07) is 11.1. The van der Waals surface area contributed by atoms with Crippen LogP contribution in [-0.4, -0.2) is 69.1 Å². The van der Waals surface area contributed by atoms with E-state index in [1.54, 1.807) is 0 Å². The molecule has 27 heavy (non-hydrogen) atoms. The van der Waals surface area contributed by atoms with Gasteiger partial charge in [-0.1, -0.05) is 44.2 Å². The number of likely N-dealkylation sites (tertiary alicyclic amines) is 1. The molecule has 6 heteroatoms. The van der Waals surface area contributed by atoms with Gasteiger partial charge in [0, 0.05) is 20.1 Å². The standard InChI is InChI=1S/C21H37N5.HI/c1-5-26(6-2)20(19-10-8-7-9-11-19)17-24-21(22-3)23-16-18-12-14-25(4)15-13-18;/h7-11,18,20H,5-6,12-17H2,1-4H3,(H2,22,23,24);1H. The van der Waals surface area contributed by atoms with E-state index in [2.05, 4.69) is 76.7 Å². The molecule has 1 heterocycles. The first kappa shape index (κ1) is 24.2. The van der Waals surface area contributed by atoms with Gasteiger partial charge in [0.15, 0.2) is 5.96 Å². The number of hydrogen-bond acceptors (Lipinski definition) is 3. The molecule has 0 aliphatic carbocycles. The van der Waals surface area contributed by atoms with Crippen molar-refractivity contribution in [3.05, 3.63) is 35.9 Å². The Hall–Kier alpha value is -0.860. The minimum absolute atomic E-state index is 0. The molecule has 1 aliphatic rings. The zero-order valence-corrected chi connectivity index (χ0v) is 19.8. The molecule has 2 rings (SSSR count). The summed E-state index contributed by atoms with van der Waals surface area (Å²) in [5.74, 6) is 1.66. The predicted octanol–water partition coefficient (Wildman–Crippen LogP) is 3.19. The van der Waals surface area contributed by atoms with Crippen molar-refractivity contribution in [3.63, 3.8) is 0 Å². The highest BCUT2D eigenvalue weighted by atomic mass is 127. The summed E-state index contributed by atoms with van der Waals surface area (Å²) in [6.45, 7) is 10.8. The Morgan fingerprint density at radius 2 is 1.78 bits per heavy atom.